The van der Waals surface area contributed by atoms with Gasteiger partial charge in [-0.25, -0.2) is 4.98 Å². The van der Waals surface area contributed by atoms with E-state index in [1.165, 1.54) is 5.56 Å². The van der Waals surface area contributed by atoms with Gasteiger partial charge in [0.05, 0.1) is 5.69 Å². The predicted octanol–water partition coefficient (Wildman–Crippen LogP) is 2.84. The SMILES string of the molecule is Cc1nc(CN2C[C@@H](CO)[C@H](c3ccc(Cl)cc3)C2)co1. The molecule has 1 saturated heterocycles. The molecule has 1 aromatic heterocycles. The third-order valence-electron chi connectivity index (χ3n) is 4.10. The minimum absolute atomic E-state index is 0.196. The topological polar surface area (TPSA) is 49.5 Å². The van der Waals surface area contributed by atoms with Crippen LogP contribution in [0.25, 0.3) is 0 Å². The maximum atomic E-state index is 9.65. The van der Waals surface area contributed by atoms with Crippen molar-refractivity contribution in [3.63, 3.8) is 0 Å². The quantitative estimate of drug-likeness (QED) is 0.943. The van der Waals surface area contributed by atoms with Crippen LogP contribution in [0.3, 0.4) is 0 Å². The number of rotatable bonds is 4. The smallest absolute Gasteiger partial charge is 0.191 e. The van der Waals surface area contributed by atoms with Crippen molar-refractivity contribution in [2.45, 2.75) is 19.4 Å². The molecule has 3 rings (SSSR count). The molecule has 1 aliphatic rings. The summed E-state index contributed by atoms with van der Waals surface area (Å²) in [6.45, 7) is 4.59. The summed E-state index contributed by atoms with van der Waals surface area (Å²) in [5.41, 5.74) is 2.18. The minimum atomic E-state index is 0.196. The largest absolute Gasteiger partial charge is 0.449 e. The normalized spacial score (nSPS) is 22.8. The number of nitrogens with zero attached hydrogens (tertiary/aromatic N) is 2. The summed E-state index contributed by atoms with van der Waals surface area (Å²) in [4.78, 5) is 6.66. The van der Waals surface area contributed by atoms with E-state index in [1.54, 1.807) is 6.26 Å². The number of aliphatic hydroxyl groups is 1. The van der Waals surface area contributed by atoms with Crippen LogP contribution in [0.2, 0.25) is 5.02 Å². The lowest BCUT2D eigenvalue weighted by atomic mass is 9.90. The summed E-state index contributed by atoms with van der Waals surface area (Å²) >= 11 is 5.95. The average Bonchev–Trinajstić information content (AvgIpc) is 3.06. The zero-order chi connectivity index (χ0) is 14.8. The molecule has 1 fully saturated rings. The first-order chi connectivity index (χ1) is 10.2. The lowest BCUT2D eigenvalue weighted by Crippen LogP contribution is -2.21. The Bertz CT molecular complexity index is 597. The van der Waals surface area contributed by atoms with Gasteiger partial charge in [-0.2, -0.15) is 0 Å². The Morgan fingerprint density at radius 2 is 2.10 bits per heavy atom. The van der Waals surface area contributed by atoms with Crippen LogP contribution >= 0.6 is 11.6 Å². The van der Waals surface area contributed by atoms with Gasteiger partial charge in [-0.1, -0.05) is 23.7 Å². The van der Waals surface area contributed by atoms with Crippen LogP contribution in [0.1, 0.15) is 23.1 Å². The minimum Gasteiger partial charge on any atom is -0.449 e. The average molecular weight is 307 g/mol. The van der Waals surface area contributed by atoms with Crippen molar-refractivity contribution in [1.82, 2.24) is 9.88 Å². The Balaban J connectivity index is 1.72. The zero-order valence-corrected chi connectivity index (χ0v) is 12.8. The molecule has 21 heavy (non-hydrogen) atoms. The Labute approximate surface area is 129 Å². The van der Waals surface area contributed by atoms with E-state index < -0.39 is 0 Å². The van der Waals surface area contributed by atoms with Crippen LogP contribution < -0.4 is 0 Å². The monoisotopic (exact) mass is 306 g/mol. The van der Waals surface area contributed by atoms with Gasteiger partial charge in [0.15, 0.2) is 5.89 Å². The van der Waals surface area contributed by atoms with Crippen molar-refractivity contribution in [3.05, 3.63) is 52.7 Å². The number of aliphatic hydroxyl groups excluding tert-OH is 1. The highest BCUT2D eigenvalue weighted by Crippen LogP contribution is 2.33. The Morgan fingerprint density at radius 1 is 1.33 bits per heavy atom. The van der Waals surface area contributed by atoms with E-state index in [-0.39, 0.29) is 12.5 Å². The van der Waals surface area contributed by atoms with Gasteiger partial charge in [0.2, 0.25) is 0 Å². The molecule has 1 N–H and O–H groups in total. The summed E-state index contributed by atoms with van der Waals surface area (Å²) in [6, 6.07) is 7.93. The van der Waals surface area contributed by atoms with Gasteiger partial charge in [-0.05, 0) is 17.7 Å². The molecule has 2 atom stereocenters. The molecule has 0 spiro atoms. The molecule has 0 saturated carbocycles. The fourth-order valence-corrected chi connectivity index (χ4v) is 3.20. The molecular formula is C16H19ClN2O2. The number of benzene rings is 1. The molecule has 112 valence electrons. The molecular weight excluding hydrogens is 288 g/mol. The standard InChI is InChI=1S/C16H19ClN2O2/c1-11-18-15(10-21-11)7-19-6-13(9-20)16(8-19)12-2-4-14(17)5-3-12/h2-5,10,13,16,20H,6-9H2,1H3/t13-,16-/m0/s1. The highest BCUT2D eigenvalue weighted by Gasteiger charge is 2.33. The third-order valence-corrected chi connectivity index (χ3v) is 4.35. The highest BCUT2D eigenvalue weighted by atomic mass is 35.5. The lowest BCUT2D eigenvalue weighted by molar-refractivity contribution is 0.213. The van der Waals surface area contributed by atoms with Gasteiger partial charge >= 0.3 is 0 Å². The molecule has 2 aromatic rings. The number of likely N-dealkylation sites (tertiary alicyclic amines) is 1. The number of oxazole rings is 1. The summed E-state index contributed by atoms with van der Waals surface area (Å²) < 4.78 is 5.25. The van der Waals surface area contributed by atoms with Gasteiger partial charge in [0.25, 0.3) is 0 Å². The maximum absolute atomic E-state index is 9.65. The molecule has 4 nitrogen and oxygen atoms in total. The second-order valence-corrected chi connectivity index (χ2v) is 6.09. The van der Waals surface area contributed by atoms with Gasteiger partial charge in [0.1, 0.15) is 6.26 Å². The zero-order valence-electron chi connectivity index (χ0n) is 12.0. The summed E-state index contributed by atoms with van der Waals surface area (Å²) in [5.74, 6) is 1.27. The molecule has 0 amide bonds. The summed E-state index contributed by atoms with van der Waals surface area (Å²) in [7, 11) is 0. The third kappa shape index (κ3) is 3.28. The molecule has 0 unspecified atom stereocenters. The van der Waals surface area contributed by atoms with E-state index in [0.717, 1.165) is 30.4 Å². The second kappa shape index (κ2) is 6.18. The van der Waals surface area contributed by atoms with Crippen molar-refractivity contribution in [2.75, 3.05) is 19.7 Å². The van der Waals surface area contributed by atoms with Crippen molar-refractivity contribution < 1.29 is 9.52 Å². The predicted molar refractivity (Wildman–Crippen MR) is 81.3 cm³/mol. The van der Waals surface area contributed by atoms with E-state index in [1.807, 2.05) is 19.1 Å². The molecule has 1 aromatic carbocycles. The Kier molecular flexibility index (Phi) is 4.29. The number of aromatic nitrogens is 1. The first kappa shape index (κ1) is 14.6. The van der Waals surface area contributed by atoms with E-state index in [2.05, 4.69) is 22.0 Å². The molecule has 5 heteroatoms. The van der Waals surface area contributed by atoms with Crippen LogP contribution in [-0.4, -0.2) is 34.7 Å². The van der Waals surface area contributed by atoms with Gasteiger partial charge in [-0.3, -0.25) is 4.90 Å². The van der Waals surface area contributed by atoms with Crippen LogP contribution in [0, 0.1) is 12.8 Å². The van der Waals surface area contributed by atoms with Gasteiger partial charge < -0.3 is 9.52 Å². The Hall–Kier alpha value is -1.36. The number of hydrogen-bond acceptors (Lipinski definition) is 4. The van der Waals surface area contributed by atoms with Crippen molar-refractivity contribution in [1.29, 1.82) is 0 Å². The van der Waals surface area contributed by atoms with E-state index in [4.69, 9.17) is 16.0 Å². The van der Waals surface area contributed by atoms with E-state index in [0.29, 0.717) is 11.8 Å². The number of aryl methyl sites for hydroxylation is 1. The van der Waals surface area contributed by atoms with Crippen molar-refractivity contribution >= 4 is 11.6 Å². The Morgan fingerprint density at radius 3 is 2.71 bits per heavy atom. The molecule has 0 radical (unpaired) electrons. The van der Waals surface area contributed by atoms with Gasteiger partial charge in [0, 0.05) is 50.0 Å². The molecule has 1 aliphatic heterocycles. The van der Waals surface area contributed by atoms with E-state index in [9.17, 15) is 5.11 Å². The summed E-state index contributed by atoms with van der Waals surface area (Å²) in [6.07, 6.45) is 1.71. The first-order valence-corrected chi connectivity index (χ1v) is 7.53. The molecule has 2 heterocycles. The second-order valence-electron chi connectivity index (χ2n) is 5.65. The molecule has 0 aliphatic carbocycles. The van der Waals surface area contributed by atoms with Crippen LogP contribution in [-0.2, 0) is 6.54 Å². The van der Waals surface area contributed by atoms with Crippen LogP contribution in [0.15, 0.2) is 34.9 Å². The highest BCUT2D eigenvalue weighted by molar-refractivity contribution is 6.30. The van der Waals surface area contributed by atoms with Crippen molar-refractivity contribution in [2.24, 2.45) is 5.92 Å². The van der Waals surface area contributed by atoms with Crippen molar-refractivity contribution in [3.8, 4) is 0 Å². The lowest BCUT2D eigenvalue weighted by Gasteiger charge is -2.16. The van der Waals surface area contributed by atoms with Crippen LogP contribution in [0.5, 0.6) is 0 Å². The fraction of sp³-hybridized carbons (Fsp3) is 0.438. The molecule has 0 bridgehead atoms. The van der Waals surface area contributed by atoms with E-state index >= 15 is 0 Å². The van der Waals surface area contributed by atoms with Crippen LogP contribution in [0.4, 0.5) is 0 Å². The first-order valence-electron chi connectivity index (χ1n) is 7.15. The van der Waals surface area contributed by atoms with Gasteiger partial charge in [-0.15, -0.1) is 0 Å². The maximum Gasteiger partial charge on any atom is 0.191 e. The summed E-state index contributed by atoms with van der Waals surface area (Å²) in [5, 5.41) is 10.4. The number of halogens is 1. The number of hydrogen-bond donors (Lipinski definition) is 1. The fourth-order valence-electron chi connectivity index (χ4n) is 3.07.